The van der Waals surface area contributed by atoms with Crippen molar-refractivity contribution in [2.45, 2.75) is 13.0 Å². The Hall–Kier alpha value is -4.73. The highest BCUT2D eigenvalue weighted by atomic mass is 35.5. The third-order valence-corrected chi connectivity index (χ3v) is 8.26. The average Bonchev–Trinajstić information content (AvgIpc) is 3.57. The molecule has 0 spiro atoms. The molecule has 0 bridgehead atoms. The highest BCUT2D eigenvalue weighted by Crippen LogP contribution is 2.32. The molecule has 3 aromatic carbocycles. The molecule has 5 aromatic rings. The zero-order valence-corrected chi connectivity index (χ0v) is 24.5. The molecule has 1 unspecified atom stereocenters. The molecule has 0 saturated carbocycles. The molecule has 1 aliphatic rings. The van der Waals surface area contributed by atoms with Gasteiger partial charge in [0.05, 0.1) is 41.8 Å². The topological polar surface area (TPSA) is 87.7 Å². The number of benzene rings is 3. The van der Waals surface area contributed by atoms with Crippen molar-refractivity contribution >= 4 is 35.0 Å². The zero-order valence-electron chi connectivity index (χ0n) is 22.9. The first-order chi connectivity index (χ1) is 20.4. The van der Waals surface area contributed by atoms with Crippen molar-refractivity contribution in [3.63, 3.8) is 0 Å². The normalized spacial score (nSPS) is 14.9. The number of hydrogen-bond donors (Lipinski definition) is 0. The molecular weight excluding hydrogens is 572 g/mol. The average molecular weight is 597 g/mol. The van der Waals surface area contributed by atoms with Crippen LogP contribution >= 0.6 is 22.9 Å². The fourth-order valence-electron chi connectivity index (χ4n) is 4.97. The van der Waals surface area contributed by atoms with Crippen molar-refractivity contribution in [2.75, 3.05) is 14.2 Å². The Morgan fingerprint density at radius 2 is 1.71 bits per heavy atom. The molecule has 0 saturated heterocycles. The number of carbonyl (C=O) groups is 1. The summed E-state index contributed by atoms with van der Waals surface area (Å²) >= 11 is 7.41. The Morgan fingerprint density at radius 3 is 2.38 bits per heavy atom. The molecule has 6 rings (SSSR count). The van der Waals surface area contributed by atoms with Crippen molar-refractivity contribution in [1.82, 2.24) is 14.3 Å². The van der Waals surface area contributed by atoms with Gasteiger partial charge in [0.25, 0.3) is 5.56 Å². The molecule has 0 N–H and O–H groups in total. The van der Waals surface area contributed by atoms with Crippen LogP contribution in [0.1, 0.15) is 24.1 Å². The first kappa shape index (κ1) is 27.4. The number of aromatic nitrogens is 3. The zero-order chi connectivity index (χ0) is 29.4. The summed E-state index contributed by atoms with van der Waals surface area (Å²) in [5.74, 6) is 0.122. The molecule has 0 amide bonds. The van der Waals surface area contributed by atoms with Gasteiger partial charge < -0.3 is 9.47 Å². The quantitative estimate of drug-likeness (QED) is 0.260. The van der Waals surface area contributed by atoms with Crippen LogP contribution in [0.4, 0.5) is 0 Å². The van der Waals surface area contributed by atoms with Crippen LogP contribution in [0.2, 0.25) is 5.02 Å². The maximum Gasteiger partial charge on any atom is 0.338 e. The predicted molar refractivity (Wildman–Crippen MR) is 163 cm³/mol. The lowest BCUT2D eigenvalue weighted by molar-refractivity contribution is -0.136. The number of carbonyl (C=O) groups excluding carboxylic acids is 1. The Balaban J connectivity index is 1.56. The Kier molecular flexibility index (Phi) is 7.36. The second-order valence-corrected chi connectivity index (χ2v) is 11.0. The maximum absolute atomic E-state index is 14.1. The van der Waals surface area contributed by atoms with Gasteiger partial charge in [-0.15, -0.1) is 0 Å². The van der Waals surface area contributed by atoms with E-state index in [-0.39, 0.29) is 5.56 Å². The van der Waals surface area contributed by atoms with Crippen molar-refractivity contribution < 1.29 is 14.3 Å². The summed E-state index contributed by atoms with van der Waals surface area (Å²) < 4.78 is 14.2. The summed E-state index contributed by atoms with van der Waals surface area (Å²) in [6.07, 6.45) is 3.71. The number of methoxy groups -OCH3 is 2. The van der Waals surface area contributed by atoms with Crippen LogP contribution in [0, 0.1) is 0 Å². The molecule has 3 heterocycles. The molecule has 1 aliphatic heterocycles. The van der Waals surface area contributed by atoms with Crippen molar-refractivity contribution in [2.24, 2.45) is 4.99 Å². The summed E-state index contributed by atoms with van der Waals surface area (Å²) in [7, 11) is 2.90. The minimum Gasteiger partial charge on any atom is -0.497 e. The number of ether oxygens (including phenoxy) is 2. The van der Waals surface area contributed by atoms with E-state index in [9.17, 15) is 9.59 Å². The summed E-state index contributed by atoms with van der Waals surface area (Å²) in [6.45, 7) is 1.75. The van der Waals surface area contributed by atoms with Gasteiger partial charge in [0.1, 0.15) is 11.4 Å². The third kappa shape index (κ3) is 4.97. The lowest BCUT2D eigenvalue weighted by atomic mass is 9.96. The van der Waals surface area contributed by atoms with Gasteiger partial charge in [-0.1, -0.05) is 65.4 Å². The summed E-state index contributed by atoms with van der Waals surface area (Å²) in [5, 5.41) is 5.48. The summed E-state index contributed by atoms with van der Waals surface area (Å²) in [6, 6.07) is 23.7. The highest BCUT2D eigenvalue weighted by Gasteiger charge is 2.33. The number of esters is 1. The smallest absolute Gasteiger partial charge is 0.338 e. The van der Waals surface area contributed by atoms with Crippen LogP contribution in [0.3, 0.4) is 0 Å². The molecular formula is C32H25ClN4O4S. The lowest BCUT2D eigenvalue weighted by Gasteiger charge is -2.24. The van der Waals surface area contributed by atoms with Gasteiger partial charge in [0.15, 0.2) is 4.80 Å². The van der Waals surface area contributed by atoms with E-state index in [1.165, 1.54) is 18.4 Å². The molecule has 0 fully saturated rings. The van der Waals surface area contributed by atoms with E-state index < -0.39 is 12.0 Å². The monoisotopic (exact) mass is 596 g/mol. The van der Waals surface area contributed by atoms with E-state index in [0.717, 1.165) is 22.4 Å². The third-order valence-electron chi connectivity index (χ3n) is 7.03. The number of allylic oxidation sites excluding steroid dienone is 1. The van der Waals surface area contributed by atoms with Crippen LogP contribution in [0.25, 0.3) is 23.0 Å². The summed E-state index contributed by atoms with van der Waals surface area (Å²) in [5.41, 5.74) is 4.44. The van der Waals surface area contributed by atoms with Crippen LogP contribution in [0.5, 0.6) is 5.75 Å². The fraction of sp³-hybridized carbons (Fsp3) is 0.125. The molecule has 0 radical (unpaired) electrons. The SMILES string of the molecule is COC(=O)C1=C(C)N=c2s/c(=C/c3cn(-c4ccccc4)nc3-c3ccc(Cl)cc3)c(=O)n2C1c1ccc(OC)cc1. The van der Waals surface area contributed by atoms with E-state index in [2.05, 4.69) is 4.99 Å². The van der Waals surface area contributed by atoms with E-state index in [4.69, 9.17) is 26.2 Å². The molecule has 10 heteroatoms. The molecule has 1 atom stereocenters. The maximum atomic E-state index is 14.1. The first-order valence-electron chi connectivity index (χ1n) is 13.0. The van der Waals surface area contributed by atoms with Crippen LogP contribution in [-0.2, 0) is 9.53 Å². The van der Waals surface area contributed by atoms with Crippen molar-refractivity contribution in [1.29, 1.82) is 0 Å². The van der Waals surface area contributed by atoms with Gasteiger partial charge in [-0.05, 0) is 55.0 Å². The Labute approximate surface area is 250 Å². The fourth-order valence-corrected chi connectivity index (χ4v) is 6.14. The summed E-state index contributed by atoms with van der Waals surface area (Å²) in [4.78, 5) is 32.2. The van der Waals surface area contributed by atoms with Gasteiger partial charge >= 0.3 is 5.97 Å². The molecule has 2 aromatic heterocycles. The van der Waals surface area contributed by atoms with Gasteiger partial charge in [-0.2, -0.15) is 5.10 Å². The number of para-hydroxylation sites is 1. The van der Waals surface area contributed by atoms with Crippen LogP contribution in [0.15, 0.2) is 106 Å². The van der Waals surface area contributed by atoms with E-state index in [1.807, 2.05) is 79.0 Å². The van der Waals surface area contributed by atoms with Crippen molar-refractivity contribution in [3.8, 4) is 22.7 Å². The molecule has 42 heavy (non-hydrogen) atoms. The van der Waals surface area contributed by atoms with E-state index >= 15 is 0 Å². The molecule has 8 nitrogen and oxygen atoms in total. The van der Waals surface area contributed by atoms with Gasteiger partial charge in [0.2, 0.25) is 0 Å². The second-order valence-electron chi connectivity index (χ2n) is 9.57. The van der Waals surface area contributed by atoms with Gasteiger partial charge in [-0.3, -0.25) is 9.36 Å². The number of nitrogens with zero attached hydrogens (tertiary/aromatic N) is 4. The van der Waals surface area contributed by atoms with E-state index in [0.29, 0.717) is 37.1 Å². The first-order valence-corrected chi connectivity index (χ1v) is 14.2. The minimum atomic E-state index is -0.718. The number of hydrogen-bond acceptors (Lipinski definition) is 7. The van der Waals surface area contributed by atoms with Crippen molar-refractivity contribution in [3.05, 3.63) is 132 Å². The number of rotatable bonds is 6. The number of fused-ring (bicyclic) bond motifs is 1. The number of halogens is 1. The molecule has 0 aliphatic carbocycles. The Bertz CT molecular complexity index is 2010. The second kappa shape index (κ2) is 11.3. The van der Waals surface area contributed by atoms with Crippen LogP contribution in [-0.4, -0.2) is 34.5 Å². The Morgan fingerprint density at radius 1 is 1.00 bits per heavy atom. The molecule has 210 valence electrons. The minimum absolute atomic E-state index is 0.275. The highest BCUT2D eigenvalue weighted by molar-refractivity contribution is 7.07. The number of thiazole rings is 1. The predicted octanol–water partition coefficient (Wildman–Crippen LogP) is 4.92. The lowest BCUT2D eigenvalue weighted by Crippen LogP contribution is -2.39. The van der Waals surface area contributed by atoms with Crippen LogP contribution < -0.4 is 19.6 Å². The standard InChI is InChI=1S/C32H25ClN4O4S/c1-19-27(31(39)41-3)29(21-11-15-25(40-2)16-12-21)37-30(38)26(42-32(37)34-19)17-22-18-36(24-7-5-4-6-8-24)35-28(22)20-9-13-23(33)14-10-20/h4-18,29H,1-3H3/b26-17+. The largest absolute Gasteiger partial charge is 0.497 e. The van der Waals surface area contributed by atoms with Gasteiger partial charge in [0, 0.05) is 22.3 Å². The van der Waals surface area contributed by atoms with Gasteiger partial charge in [-0.25, -0.2) is 14.5 Å². The van der Waals surface area contributed by atoms with E-state index in [1.54, 1.807) is 35.4 Å².